The molecular weight excluding hydrogens is 350 g/mol. The molecule has 0 unspecified atom stereocenters. The fourth-order valence-corrected chi connectivity index (χ4v) is 3.89. The van der Waals surface area contributed by atoms with Crippen molar-refractivity contribution in [1.29, 1.82) is 5.26 Å². The third kappa shape index (κ3) is 5.13. The molecule has 6 nitrogen and oxygen atoms in total. The highest BCUT2D eigenvalue weighted by atomic mass is 16.1. The molecule has 1 aliphatic carbocycles. The lowest BCUT2D eigenvalue weighted by molar-refractivity contribution is -0.121. The van der Waals surface area contributed by atoms with E-state index in [9.17, 15) is 10.1 Å². The molecule has 1 saturated carbocycles. The number of aromatic nitrogens is 3. The summed E-state index contributed by atoms with van der Waals surface area (Å²) in [6, 6.07) is 6.23. The van der Waals surface area contributed by atoms with Crippen LogP contribution in [-0.4, -0.2) is 27.3 Å². The van der Waals surface area contributed by atoms with Gasteiger partial charge in [-0.05, 0) is 69.9 Å². The summed E-state index contributed by atoms with van der Waals surface area (Å²) < 4.78 is 0. The molecule has 1 fully saturated rings. The third-order valence-electron chi connectivity index (χ3n) is 5.69. The Morgan fingerprint density at radius 3 is 2.75 bits per heavy atom. The van der Waals surface area contributed by atoms with Gasteiger partial charge in [0.05, 0.1) is 17.5 Å². The van der Waals surface area contributed by atoms with Gasteiger partial charge in [-0.15, -0.1) is 0 Å². The van der Waals surface area contributed by atoms with Gasteiger partial charge in [-0.3, -0.25) is 9.78 Å². The fraction of sp³-hybridized carbons (Fsp3) is 0.500. The summed E-state index contributed by atoms with van der Waals surface area (Å²) in [6.45, 7) is 4.40. The van der Waals surface area contributed by atoms with Gasteiger partial charge in [-0.1, -0.05) is 6.07 Å². The number of hydrogen-bond donors (Lipinski definition) is 1. The van der Waals surface area contributed by atoms with Crippen LogP contribution < -0.4 is 5.32 Å². The number of nitriles is 1. The number of pyridine rings is 1. The van der Waals surface area contributed by atoms with Crippen LogP contribution in [0.3, 0.4) is 0 Å². The predicted molar refractivity (Wildman–Crippen MR) is 108 cm³/mol. The minimum absolute atomic E-state index is 0.213. The van der Waals surface area contributed by atoms with Crippen molar-refractivity contribution in [1.82, 2.24) is 15.0 Å². The Bertz CT molecular complexity index is 865. The first-order chi connectivity index (χ1) is 13.6. The maximum atomic E-state index is 11.6. The first kappa shape index (κ1) is 19.9. The highest BCUT2D eigenvalue weighted by Gasteiger charge is 2.25. The average Bonchev–Trinajstić information content (AvgIpc) is 2.70. The highest BCUT2D eigenvalue weighted by Crippen LogP contribution is 2.31. The van der Waals surface area contributed by atoms with Gasteiger partial charge in [-0.2, -0.15) is 5.26 Å². The number of Topliss-reactive ketones (excluding diaryl/α,β-unsaturated/α-hetero) is 1. The van der Waals surface area contributed by atoms with E-state index >= 15 is 0 Å². The van der Waals surface area contributed by atoms with E-state index in [2.05, 4.69) is 32.4 Å². The van der Waals surface area contributed by atoms with Crippen LogP contribution in [0.1, 0.15) is 55.1 Å². The van der Waals surface area contributed by atoms with Gasteiger partial charge in [0, 0.05) is 24.4 Å². The number of nitrogens with one attached hydrogen (secondary N) is 1. The maximum Gasteiger partial charge on any atom is 0.222 e. The largest absolute Gasteiger partial charge is 0.354 e. The van der Waals surface area contributed by atoms with Crippen molar-refractivity contribution < 1.29 is 4.79 Å². The predicted octanol–water partition coefficient (Wildman–Crippen LogP) is 3.64. The molecule has 0 saturated heterocycles. The molecule has 28 heavy (non-hydrogen) atoms. The summed E-state index contributed by atoms with van der Waals surface area (Å²) >= 11 is 0. The minimum atomic E-state index is 0.213. The first-order valence-corrected chi connectivity index (χ1v) is 9.97. The molecule has 146 valence electrons. The van der Waals surface area contributed by atoms with Crippen molar-refractivity contribution in [3.63, 3.8) is 0 Å². The van der Waals surface area contributed by atoms with Crippen LogP contribution in [0.5, 0.6) is 0 Å². The number of aryl methyl sites for hydroxylation is 1. The monoisotopic (exact) mass is 377 g/mol. The molecule has 6 heteroatoms. The minimum Gasteiger partial charge on any atom is -0.354 e. The Hall–Kier alpha value is -2.81. The SMILES string of the molecule is CC(=O)C1CCC(Cc2nc(NCCc3cccnc3C)ncc2C#N)CC1. The summed E-state index contributed by atoms with van der Waals surface area (Å²) in [6.07, 6.45) is 8.95. The van der Waals surface area contributed by atoms with Crippen molar-refractivity contribution in [2.45, 2.75) is 52.4 Å². The molecule has 0 aromatic carbocycles. The van der Waals surface area contributed by atoms with Crippen molar-refractivity contribution in [3.05, 3.63) is 47.0 Å². The van der Waals surface area contributed by atoms with E-state index in [4.69, 9.17) is 0 Å². The lowest BCUT2D eigenvalue weighted by Gasteiger charge is -2.26. The van der Waals surface area contributed by atoms with E-state index in [1.807, 2.05) is 13.0 Å². The molecule has 2 aromatic heterocycles. The van der Waals surface area contributed by atoms with E-state index in [1.165, 1.54) is 5.56 Å². The number of nitrogens with zero attached hydrogens (tertiary/aromatic N) is 4. The van der Waals surface area contributed by atoms with Crippen LogP contribution in [0.4, 0.5) is 5.95 Å². The van der Waals surface area contributed by atoms with Crippen LogP contribution in [0.25, 0.3) is 0 Å². The van der Waals surface area contributed by atoms with Crippen molar-refractivity contribution in [3.8, 4) is 6.07 Å². The Kier molecular flexibility index (Phi) is 6.70. The Morgan fingerprint density at radius 2 is 2.07 bits per heavy atom. The Labute approximate surface area is 166 Å². The molecule has 0 atom stereocenters. The van der Waals surface area contributed by atoms with Crippen LogP contribution in [0.15, 0.2) is 24.5 Å². The van der Waals surface area contributed by atoms with Crippen LogP contribution in [-0.2, 0) is 17.6 Å². The fourth-order valence-electron chi connectivity index (χ4n) is 3.89. The second kappa shape index (κ2) is 9.41. The molecule has 0 amide bonds. The molecule has 1 N–H and O–H groups in total. The average molecular weight is 377 g/mol. The summed E-state index contributed by atoms with van der Waals surface area (Å²) in [5.74, 6) is 1.55. The molecule has 2 aromatic rings. The smallest absolute Gasteiger partial charge is 0.222 e. The summed E-state index contributed by atoms with van der Waals surface area (Å²) in [5, 5.41) is 12.7. The zero-order valence-corrected chi connectivity index (χ0v) is 16.6. The number of ketones is 1. The molecular formula is C22H27N5O. The number of carbonyl (C=O) groups excluding carboxylic acids is 1. The zero-order chi connectivity index (χ0) is 19.9. The number of hydrogen-bond acceptors (Lipinski definition) is 6. The van der Waals surface area contributed by atoms with Gasteiger partial charge in [0.2, 0.25) is 5.95 Å². The molecule has 1 aliphatic rings. The van der Waals surface area contributed by atoms with E-state index in [0.29, 0.717) is 29.8 Å². The van der Waals surface area contributed by atoms with E-state index in [1.54, 1.807) is 19.3 Å². The second-order valence-corrected chi connectivity index (χ2v) is 7.62. The zero-order valence-electron chi connectivity index (χ0n) is 16.6. The van der Waals surface area contributed by atoms with Gasteiger partial charge < -0.3 is 5.32 Å². The molecule has 0 spiro atoms. The van der Waals surface area contributed by atoms with Crippen molar-refractivity contribution >= 4 is 11.7 Å². The quantitative estimate of drug-likeness (QED) is 0.792. The summed E-state index contributed by atoms with van der Waals surface area (Å²) in [7, 11) is 0. The van der Waals surface area contributed by atoms with Gasteiger partial charge >= 0.3 is 0 Å². The molecule has 2 heterocycles. The van der Waals surface area contributed by atoms with E-state index < -0.39 is 0 Å². The summed E-state index contributed by atoms with van der Waals surface area (Å²) in [4.78, 5) is 24.8. The van der Waals surface area contributed by atoms with Gasteiger partial charge in [-0.25, -0.2) is 9.97 Å². The van der Waals surface area contributed by atoms with E-state index in [0.717, 1.165) is 49.9 Å². The van der Waals surface area contributed by atoms with E-state index in [-0.39, 0.29) is 5.92 Å². The topological polar surface area (TPSA) is 91.6 Å². The lowest BCUT2D eigenvalue weighted by Crippen LogP contribution is -2.21. The number of rotatable bonds is 7. The Balaban J connectivity index is 1.60. The highest BCUT2D eigenvalue weighted by molar-refractivity contribution is 5.78. The van der Waals surface area contributed by atoms with Crippen LogP contribution in [0, 0.1) is 30.1 Å². The molecule has 0 aliphatic heterocycles. The Morgan fingerprint density at radius 1 is 1.29 bits per heavy atom. The van der Waals surface area contributed by atoms with Gasteiger partial charge in [0.15, 0.2) is 0 Å². The molecule has 0 bridgehead atoms. The molecule has 3 rings (SSSR count). The number of anilines is 1. The summed E-state index contributed by atoms with van der Waals surface area (Å²) in [5.41, 5.74) is 3.59. The van der Waals surface area contributed by atoms with Crippen molar-refractivity contribution in [2.75, 3.05) is 11.9 Å². The third-order valence-corrected chi connectivity index (χ3v) is 5.69. The normalized spacial score (nSPS) is 19.0. The van der Waals surface area contributed by atoms with Gasteiger partial charge in [0.1, 0.15) is 11.9 Å². The first-order valence-electron chi connectivity index (χ1n) is 9.97. The maximum absolute atomic E-state index is 11.6. The lowest BCUT2D eigenvalue weighted by atomic mass is 9.78. The van der Waals surface area contributed by atoms with Crippen LogP contribution >= 0.6 is 0 Å². The van der Waals surface area contributed by atoms with Crippen molar-refractivity contribution in [2.24, 2.45) is 11.8 Å². The van der Waals surface area contributed by atoms with Crippen LogP contribution in [0.2, 0.25) is 0 Å². The second-order valence-electron chi connectivity index (χ2n) is 7.62. The van der Waals surface area contributed by atoms with Gasteiger partial charge in [0.25, 0.3) is 0 Å². The number of carbonyl (C=O) groups is 1. The standard InChI is InChI=1S/C22H27N5O/c1-15-18(4-3-10-24-15)9-11-25-22-26-14-20(13-23)21(27-22)12-17-5-7-19(8-6-17)16(2)28/h3-4,10,14,17,19H,5-9,11-12H2,1-2H3,(H,25,26,27). The molecule has 0 radical (unpaired) electrons.